The Labute approximate surface area is 143 Å². The number of hydrogen-bond acceptors (Lipinski definition) is 5. The van der Waals surface area contributed by atoms with Gasteiger partial charge in [-0.3, -0.25) is 4.79 Å². The molecule has 0 saturated carbocycles. The predicted octanol–water partition coefficient (Wildman–Crippen LogP) is 2.07. The molecule has 1 aliphatic heterocycles. The molecule has 6 nitrogen and oxygen atoms in total. The van der Waals surface area contributed by atoms with Gasteiger partial charge in [0.1, 0.15) is 17.4 Å². The standard InChI is InChI=1S/C18H24N4O2/c1-21-10-8-15(9-11-21)22(2)13-14(12-19)18(23)20-16-6-4-5-7-17(16)24-3/h4-7,13,15H,8-11H2,1-3H3,(H,20,23)/b14-13-. The number of piperidine rings is 1. The zero-order valence-corrected chi connectivity index (χ0v) is 14.5. The third kappa shape index (κ3) is 4.49. The first kappa shape index (κ1) is 17.8. The van der Waals surface area contributed by atoms with Crippen LogP contribution in [0.1, 0.15) is 12.8 Å². The zero-order valence-electron chi connectivity index (χ0n) is 14.5. The van der Waals surface area contributed by atoms with Gasteiger partial charge in [-0.05, 0) is 45.1 Å². The van der Waals surface area contributed by atoms with E-state index in [4.69, 9.17) is 4.74 Å². The van der Waals surface area contributed by atoms with Crippen LogP contribution in [0.2, 0.25) is 0 Å². The molecule has 2 rings (SSSR count). The molecule has 0 unspecified atom stereocenters. The largest absolute Gasteiger partial charge is 0.495 e. The first-order chi connectivity index (χ1) is 11.5. The lowest BCUT2D eigenvalue weighted by molar-refractivity contribution is -0.112. The second kappa shape index (κ2) is 8.37. The van der Waals surface area contributed by atoms with Crippen molar-refractivity contribution in [2.75, 3.05) is 39.6 Å². The highest BCUT2D eigenvalue weighted by molar-refractivity contribution is 6.07. The fourth-order valence-electron chi connectivity index (χ4n) is 2.79. The molecule has 1 amide bonds. The fraction of sp³-hybridized carbons (Fsp3) is 0.444. The van der Waals surface area contributed by atoms with Crippen LogP contribution in [-0.4, -0.2) is 56.0 Å². The van der Waals surface area contributed by atoms with E-state index in [0.29, 0.717) is 17.5 Å². The molecule has 0 bridgehead atoms. The number of carbonyl (C=O) groups is 1. The lowest BCUT2D eigenvalue weighted by Gasteiger charge is -2.34. The minimum atomic E-state index is -0.429. The second-order valence-corrected chi connectivity index (χ2v) is 6.01. The Bertz CT molecular complexity index is 643. The van der Waals surface area contributed by atoms with Crippen molar-refractivity contribution in [3.63, 3.8) is 0 Å². The average molecular weight is 328 g/mol. The van der Waals surface area contributed by atoms with Gasteiger partial charge in [0, 0.05) is 19.3 Å². The number of benzene rings is 1. The summed E-state index contributed by atoms with van der Waals surface area (Å²) in [5, 5.41) is 12.1. The molecule has 1 aromatic rings. The number of nitrogens with one attached hydrogen (secondary N) is 1. The summed E-state index contributed by atoms with van der Waals surface area (Å²) in [6, 6.07) is 9.47. The van der Waals surface area contributed by atoms with E-state index in [1.807, 2.05) is 24.1 Å². The number of nitrogens with zero attached hydrogens (tertiary/aromatic N) is 3. The van der Waals surface area contributed by atoms with Gasteiger partial charge in [0.25, 0.3) is 5.91 Å². The Morgan fingerprint density at radius 2 is 2.08 bits per heavy atom. The lowest BCUT2D eigenvalue weighted by atomic mass is 10.0. The van der Waals surface area contributed by atoms with E-state index in [1.165, 1.54) is 0 Å². The van der Waals surface area contributed by atoms with Crippen molar-refractivity contribution in [3.05, 3.63) is 36.0 Å². The number of rotatable bonds is 5. The number of methoxy groups -OCH3 is 1. The van der Waals surface area contributed by atoms with Crippen molar-refractivity contribution in [2.45, 2.75) is 18.9 Å². The van der Waals surface area contributed by atoms with Crippen LogP contribution >= 0.6 is 0 Å². The lowest BCUT2D eigenvalue weighted by Crippen LogP contribution is -2.40. The Morgan fingerprint density at radius 3 is 2.71 bits per heavy atom. The number of hydrogen-bond donors (Lipinski definition) is 1. The van der Waals surface area contributed by atoms with Gasteiger partial charge in [0.2, 0.25) is 0 Å². The number of nitriles is 1. The third-order valence-corrected chi connectivity index (χ3v) is 4.32. The highest BCUT2D eigenvalue weighted by atomic mass is 16.5. The van der Waals surface area contributed by atoms with Gasteiger partial charge in [0.05, 0.1) is 12.8 Å². The summed E-state index contributed by atoms with van der Waals surface area (Å²) in [4.78, 5) is 16.7. The summed E-state index contributed by atoms with van der Waals surface area (Å²) in [5.41, 5.74) is 0.635. The molecule has 1 fully saturated rings. The molecule has 0 radical (unpaired) electrons. The van der Waals surface area contributed by atoms with E-state index in [9.17, 15) is 10.1 Å². The maximum atomic E-state index is 12.4. The van der Waals surface area contributed by atoms with E-state index < -0.39 is 5.91 Å². The molecule has 0 aromatic heterocycles. The molecular formula is C18H24N4O2. The molecule has 1 saturated heterocycles. The van der Waals surface area contributed by atoms with Crippen molar-refractivity contribution >= 4 is 11.6 Å². The van der Waals surface area contributed by atoms with Crippen molar-refractivity contribution in [1.29, 1.82) is 5.26 Å². The molecule has 0 aliphatic carbocycles. The monoisotopic (exact) mass is 328 g/mol. The molecule has 0 atom stereocenters. The highest BCUT2D eigenvalue weighted by Crippen LogP contribution is 2.23. The molecular weight excluding hydrogens is 304 g/mol. The Morgan fingerprint density at radius 1 is 1.42 bits per heavy atom. The van der Waals surface area contributed by atoms with Crippen LogP contribution in [-0.2, 0) is 4.79 Å². The van der Waals surface area contributed by atoms with Gasteiger partial charge >= 0.3 is 0 Å². The number of ether oxygens (including phenoxy) is 1. The smallest absolute Gasteiger partial charge is 0.267 e. The number of carbonyl (C=O) groups excluding carboxylic acids is 1. The number of para-hydroxylation sites is 2. The molecule has 1 N–H and O–H groups in total. The average Bonchev–Trinajstić information content (AvgIpc) is 2.60. The minimum absolute atomic E-state index is 0.0855. The van der Waals surface area contributed by atoms with E-state index in [0.717, 1.165) is 25.9 Å². The Kier molecular flexibility index (Phi) is 6.21. The van der Waals surface area contributed by atoms with Gasteiger partial charge in [-0.25, -0.2) is 0 Å². The van der Waals surface area contributed by atoms with Gasteiger partial charge in [-0.1, -0.05) is 12.1 Å². The Balaban J connectivity index is 2.06. The molecule has 0 spiro atoms. The van der Waals surface area contributed by atoms with Crippen molar-refractivity contribution < 1.29 is 9.53 Å². The summed E-state index contributed by atoms with van der Waals surface area (Å²) in [5.74, 6) is 0.133. The predicted molar refractivity (Wildman–Crippen MR) is 93.6 cm³/mol. The van der Waals surface area contributed by atoms with Crippen molar-refractivity contribution in [3.8, 4) is 11.8 Å². The molecule has 128 valence electrons. The van der Waals surface area contributed by atoms with Crippen LogP contribution in [0.3, 0.4) is 0 Å². The van der Waals surface area contributed by atoms with E-state index in [-0.39, 0.29) is 5.57 Å². The highest BCUT2D eigenvalue weighted by Gasteiger charge is 2.20. The summed E-state index contributed by atoms with van der Waals surface area (Å²) in [6.45, 7) is 2.05. The summed E-state index contributed by atoms with van der Waals surface area (Å²) < 4.78 is 5.21. The number of anilines is 1. The SMILES string of the molecule is COc1ccccc1NC(=O)/C(C#N)=C\N(C)C1CCN(C)CC1. The fourth-order valence-corrected chi connectivity index (χ4v) is 2.79. The molecule has 1 heterocycles. The second-order valence-electron chi connectivity index (χ2n) is 6.01. The molecule has 24 heavy (non-hydrogen) atoms. The van der Waals surface area contributed by atoms with Gasteiger partial charge in [0.15, 0.2) is 0 Å². The van der Waals surface area contributed by atoms with Crippen LogP contribution in [0.5, 0.6) is 5.75 Å². The first-order valence-electron chi connectivity index (χ1n) is 8.02. The minimum Gasteiger partial charge on any atom is -0.495 e. The van der Waals surface area contributed by atoms with Crippen LogP contribution < -0.4 is 10.1 Å². The number of amides is 1. The summed E-state index contributed by atoms with van der Waals surface area (Å²) in [6.07, 6.45) is 3.69. The van der Waals surface area contributed by atoms with Gasteiger partial charge in [-0.2, -0.15) is 5.26 Å². The van der Waals surface area contributed by atoms with E-state index in [1.54, 1.807) is 31.5 Å². The van der Waals surface area contributed by atoms with Crippen molar-refractivity contribution in [1.82, 2.24) is 9.80 Å². The topological polar surface area (TPSA) is 68.6 Å². The molecule has 1 aliphatic rings. The maximum absolute atomic E-state index is 12.4. The van der Waals surface area contributed by atoms with Crippen LogP contribution in [0, 0.1) is 11.3 Å². The number of likely N-dealkylation sites (tertiary alicyclic amines) is 1. The molecule has 1 aromatic carbocycles. The zero-order chi connectivity index (χ0) is 17.5. The van der Waals surface area contributed by atoms with Crippen LogP contribution in [0.25, 0.3) is 0 Å². The van der Waals surface area contributed by atoms with E-state index >= 15 is 0 Å². The van der Waals surface area contributed by atoms with Gasteiger partial charge in [-0.15, -0.1) is 0 Å². The molecule has 6 heteroatoms. The maximum Gasteiger partial charge on any atom is 0.267 e. The Hall–Kier alpha value is -2.52. The summed E-state index contributed by atoms with van der Waals surface area (Å²) >= 11 is 0. The first-order valence-corrected chi connectivity index (χ1v) is 8.02. The third-order valence-electron chi connectivity index (χ3n) is 4.32. The van der Waals surface area contributed by atoms with Crippen LogP contribution in [0.15, 0.2) is 36.0 Å². The summed E-state index contributed by atoms with van der Waals surface area (Å²) in [7, 11) is 5.57. The van der Waals surface area contributed by atoms with Gasteiger partial charge < -0.3 is 19.9 Å². The van der Waals surface area contributed by atoms with E-state index in [2.05, 4.69) is 17.3 Å². The quantitative estimate of drug-likeness (QED) is 0.662. The normalized spacial score (nSPS) is 16.3. The van der Waals surface area contributed by atoms with Crippen molar-refractivity contribution in [2.24, 2.45) is 0 Å². The van der Waals surface area contributed by atoms with Crippen LogP contribution in [0.4, 0.5) is 5.69 Å².